The topological polar surface area (TPSA) is 79.3 Å². The van der Waals surface area contributed by atoms with Gasteiger partial charge in [0.15, 0.2) is 0 Å². The van der Waals surface area contributed by atoms with Gasteiger partial charge in [0.2, 0.25) is 9.84 Å². The first-order valence-corrected chi connectivity index (χ1v) is 11.7. The van der Waals surface area contributed by atoms with Crippen LogP contribution in [0.4, 0.5) is 13.2 Å². The highest BCUT2D eigenvalue weighted by molar-refractivity contribution is 7.91. The first-order chi connectivity index (χ1) is 15.2. The molecule has 1 unspecified atom stereocenters. The average Bonchev–Trinajstić information content (AvgIpc) is 3.22. The average molecular weight is 479 g/mol. The van der Waals surface area contributed by atoms with Crippen molar-refractivity contribution in [1.29, 1.82) is 0 Å². The highest BCUT2D eigenvalue weighted by atomic mass is 32.2. The Morgan fingerprint density at radius 1 is 1.06 bits per heavy atom. The van der Waals surface area contributed by atoms with Crippen molar-refractivity contribution in [1.82, 2.24) is 10.3 Å². The molecule has 1 atom stereocenters. The van der Waals surface area contributed by atoms with Gasteiger partial charge in [-0.25, -0.2) is 8.42 Å². The predicted molar refractivity (Wildman–Crippen MR) is 115 cm³/mol. The van der Waals surface area contributed by atoms with Gasteiger partial charge < -0.3 is 5.11 Å². The number of rotatable bonds is 6. The number of nitrogens with zero attached hydrogens (tertiary/aromatic N) is 1. The number of fused-ring (bicyclic) bond motifs is 1. The number of nitrogens with one attached hydrogen (secondary N) is 1. The van der Waals surface area contributed by atoms with Crippen LogP contribution in [-0.2, 0) is 22.6 Å². The molecule has 5 nitrogen and oxygen atoms in total. The van der Waals surface area contributed by atoms with E-state index < -0.39 is 32.7 Å². The van der Waals surface area contributed by atoms with Crippen LogP contribution in [0.25, 0.3) is 10.1 Å². The second-order valence-corrected chi connectivity index (χ2v) is 10.0. The fraction of sp³-hybridized carbons (Fsp3) is 0.136. The van der Waals surface area contributed by atoms with Crippen LogP contribution in [0.1, 0.15) is 22.2 Å². The molecule has 2 N–H and O–H groups in total. The molecular weight excluding hydrogens is 461 g/mol. The maximum atomic E-state index is 13.2. The zero-order valence-electron chi connectivity index (χ0n) is 16.4. The molecule has 0 aliphatic rings. The largest absolute Gasteiger partial charge is 0.417 e. The molecule has 0 saturated carbocycles. The van der Waals surface area contributed by atoms with Gasteiger partial charge in [0.25, 0.3) is 0 Å². The van der Waals surface area contributed by atoms with E-state index in [9.17, 15) is 26.7 Å². The van der Waals surface area contributed by atoms with Gasteiger partial charge in [-0.1, -0.05) is 24.3 Å². The SMILES string of the molecule is O=S(=O)(c1ccc(CNC(O)c2cc3ccncc3s2)cc1)c1ccccc1C(F)(F)F. The van der Waals surface area contributed by atoms with E-state index in [2.05, 4.69) is 10.3 Å². The summed E-state index contributed by atoms with van der Waals surface area (Å²) < 4.78 is 66.3. The van der Waals surface area contributed by atoms with Crippen LogP contribution in [0.2, 0.25) is 0 Å². The molecule has 2 aromatic carbocycles. The first kappa shape index (κ1) is 22.4. The molecule has 32 heavy (non-hydrogen) atoms. The van der Waals surface area contributed by atoms with Crippen LogP contribution in [0, 0.1) is 0 Å². The summed E-state index contributed by atoms with van der Waals surface area (Å²) in [6, 6.07) is 13.3. The molecule has 2 aromatic heterocycles. The van der Waals surface area contributed by atoms with Gasteiger partial charge in [0.1, 0.15) is 6.23 Å². The summed E-state index contributed by atoms with van der Waals surface area (Å²) in [7, 11) is -4.35. The van der Waals surface area contributed by atoms with Crippen molar-refractivity contribution in [2.24, 2.45) is 0 Å². The van der Waals surface area contributed by atoms with Crippen LogP contribution in [-0.4, -0.2) is 18.5 Å². The number of aliphatic hydroxyl groups excluding tert-OH is 1. The summed E-state index contributed by atoms with van der Waals surface area (Å²) in [5.74, 6) is 0. The van der Waals surface area contributed by atoms with Crippen molar-refractivity contribution in [2.75, 3.05) is 0 Å². The lowest BCUT2D eigenvalue weighted by Gasteiger charge is -2.14. The number of hydrogen-bond donors (Lipinski definition) is 2. The van der Waals surface area contributed by atoms with Gasteiger partial charge in [-0.15, -0.1) is 11.3 Å². The minimum atomic E-state index is -4.79. The van der Waals surface area contributed by atoms with Gasteiger partial charge in [0, 0.05) is 23.8 Å². The third-order valence-electron chi connectivity index (χ3n) is 4.83. The Balaban J connectivity index is 1.49. The van der Waals surface area contributed by atoms with Gasteiger partial charge in [-0.2, -0.15) is 13.2 Å². The van der Waals surface area contributed by atoms with Gasteiger partial charge in [-0.05, 0) is 47.3 Å². The van der Waals surface area contributed by atoms with Crippen molar-refractivity contribution in [3.05, 3.63) is 89.1 Å². The van der Waals surface area contributed by atoms with Crippen molar-refractivity contribution in [3.8, 4) is 0 Å². The molecule has 0 amide bonds. The van der Waals surface area contributed by atoms with Crippen molar-refractivity contribution in [2.45, 2.75) is 28.7 Å². The van der Waals surface area contributed by atoms with E-state index in [0.717, 1.165) is 28.3 Å². The van der Waals surface area contributed by atoms with Crippen molar-refractivity contribution in [3.63, 3.8) is 0 Å². The molecule has 4 rings (SSSR count). The number of benzene rings is 2. The lowest BCUT2D eigenvalue weighted by atomic mass is 10.2. The van der Waals surface area contributed by atoms with E-state index in [1.807, 2.05) is 12.1 Å². The van der Waals surface area contributed by atoms with Crippen molar-refractivity contribution >= 4 is 31.3 Å². The van der Waals surface area contributed by atoms with Crippen molar-refractivity contribution < 1.29 is 26.7 Å². The standard InChI is InChI=1S/C22H17F3N2O3S2/c23-22(24,25)17-3-1-2-4-20(17)32(29,30)16-7-5-14(6-8-16)12-27-21(28)18-11-15-9-10-26-13-19(15)31-18/h1-11,13,21,27-28H,12H2. The Morgan fingerprint density at radius 2 is 1.78 bits per heavy atom. The Bertz CT molecular complexity index is 1320. The van der Waals surface area contributed by atoms with E-state index in [0.29, 0.717) is 10.4 Å². The number of pyridine rings is 1. The highest BCUT2D eigenvalue weighted by Gasteiger charge is 2.37. The van der Waals surface area contributed by atoms with E-state index in [1.54, 1.807) is 12.4 Å². The first-order valence-electron chi connectivity index (χ1n) is 9.41. The second kappa shape index (κ2) is 8.62. The summed E-state index contributed by atoms with van der Waals surface area (Å²) in [5.41, 5.74) is -0.540. The third kappa shape index (κ3) is 4.53. The molecule has 4 aromatic rings. The Morgan fingerprint density at radius 3 is 2.47 bits per heavy atom. The molecule has 0 aliphatic heterocycles. The summed E-state index contributed by atoms with van der Waals surface area (Å²) in [6.07, 6.45) is -2.34. The molecule has 0 aliphatic carbocycles. The molecule has 10 heteroatoms. The molecule has 2 heterocycles. The number of sulfone groups is 1. The zero-order chi connectivity index (χ0) is 22.9. The smallest absolute Gasteiger partial charge is 0.373 e. The number of aromatic nitrogens is 1. The Hall–Kier alpha value is -2.79. The lowest BCUT2D eigenvalue weighted by molar-refractivity contribution is -0.139. The number of aliphatic hydroxyl groups is 1. The summed E-state index contributed by atoms with van der Waals surface area (Å²) in [4.78, 5) is 3.72. The number of halogens is 3. The zero-order valence-corrected chi connectivity index (χ0v) is 18.0. The molecular formula is C22H17F3N2O3S2. The minimum Gasteiger partial charge on any atom is -0.373 e. The van der Waals surface area contributed by atoms with Crippen LogP contribution < -0.4 is 5.32 Å². The monoisotopic (exact) mass is 478 g/mol. The number of hydrogen-bond acceptors (Lipinski definition) is 6. The minimum absolute atomic E-state index is 0.229. The number of alkyl halides is 3. The molecule has 0 fully saturated rings. The molecule has 0 bridgehead atoms. The van der Waals surface area contributed by atoms with Crippen LogP contribution in [0.15, 0.2) is 82.8 Å². The van der Waals surface area contributed by atoms with Gasteiger partial charge in [-0.3, -0.25) is 10.3 Å². The fourth-order valence-electron chi connectivity index (χ4n) is 3.20. The van der Waals surface area contributed by atoms with E-state index >= 15 is 0 Å². The number of thiophene rings is 1. The lowest BCUT2D eigenvalue weighted by Crippen LogP contribution is -2.19. The third-order valence-corrected chi connectivity index (χ3v) is 7.79. The van der Waals surface area contributed by atoms with E-state index in [1.165, 1.54) is 41.7 Å². The quantitative estimate of drug-likeness (QED) is 0.384. The molecule has 0 radical (unpaired) electrons. The van der Waals surface area contributed by atoms with Crippen LogP contribution >= 0.6 is 11.3 Å². The van der Waals surface area contributed by atoms with E-state index in [4.69, 9.17) is 0 Å². The maximum Gasteiger partial charge on any atom is 0.417 e. The Labute approximate surface area is 186 Å². The van der Waals surface area contributed by atoms with Gasteiger partial charge in [0.05, 0.1) is 20.1 Å². The van der Waals surface area contributed by atoms with Gasteiger partial charge >= 0.3 is 6.18 Å². The summed E-state index contributed by atoms with van der Waals surface area (Å²) >= 11 is 1.40. The molecule has 0 spiro atoms. The highest BCUT2D eigenvalue weighted by Crippen LogP contribution is 2.36. The van der Waals surface area contributed by atoms with E-state index in [-0.39, 0.29) is 11.4 Å². The summed E-state index contributed by atoms with van der Waals surface area (Å²) in [6.45, 7) is 0.229. The fourth-order valence-corrected chi connectivity index (χ4v) is 5.68. The van der Waals surface area contributed by atoms with Crippen LogP contribution in [0.5, 0.6) is 0 Å². The molecule has 0 saturated heterocycles. The summed E-state index contributed by atoms with van der Waals surface area (Å²) in [5, 5.41) is 14.3. The van der Waals surface area contributed by atoms with Crippen LogP contribution in [0.3, 0.4) is 0 Å². The second-order valence-electron chi connectivity index (χ2n) is 6.99. The molecule has 166 valence electrons. The normalized spacial score (nSPS) is 13.4. The maximum absolute atomic E-state index is 13.2. The predicted octanol–water partition coefficient (Wildman–Crippen LogP) is 4.93. The Kier molecular flexibility index (Phi) is 6.04.